The molecule has 0 aliphatic rings. The zero-order chi connectivity index (χ0) is 22.8. The van der Waals surface area contributed by atoms with Crippen LogP contribution in [0, 0.1) is 0 Å². The summed E-state index contributed by atoms with van der Waals surface area (Å²) in [5.74, 6) is 2.11. The van der Waals surface area contributed by atoms with Crippen molar-refractivity contribution in [1.82, 2.24) is 19.3 Å². The Morgan fingerprint density at radius 3 is 2.72 bits per heavy atom. The highest BCUT2D eigenvalue weighted by atomic mass is 35.5. The van der Waals surface area contributed by atoms with Gasteiger partial charge in [-0.05, 0) is 35.9 Å². The van der Waals surface area contributed by atoms with Crippen molar-refractivity contribution in [3.63, 3.8) is 0 Å². The van der Waals surface area contributed by atoms with Gasteiger partial charge in [-0.2, -0.15) is 5.10 Å². The summed E-state index contributed by atoms with van der Waals surface area (Å²) in [5, 5.41) is 7.76. The number of hydrogen-bond acceptors (Lipinski definition) is 5. The molecule has 0 atom stereocenters. The van der Waals surface area contributed by atoms with Crippen molar-refractivity contribution in [1.29, 1.82) is 0 Å². The van der Waals surface area contributed by atoms with Crippen molar-refractivity contribution in [3.05, 3.63) is 58.9 Å². The molecule has 2 heterocycles. The Labute approximate surface area is 190 Å². The Morgan fingerprint density at radius 2 is 1.97 bits per heavy atom. The lowest BCUT2D eigenvalue weighted by molar-refractivity contribution is 0.155. The number of anilines is 1. The monoisotopic (exact) mass is 453 g/mol. The number of ether oxygens (including phenoxy) is 2. The van der Waals surface area contributed by atoms with Crippen LogP contribution in [0.15, 0.2) is 42.5 Å². The fourth-order valence-electron chi connectivity index (χ4n) is 3.58. The predicted octanol–water partition coefficient (Wildman–Crippen LogP) is 4.95. The van der Waals surface area contributed by atoms with Crippen molar-refractivity contribution >= 4 is 34.5 Å². The molecule has 8 nitrogen and oxygen atoms in total. The maximum Gasteiger partial charge on any atom is 0.413 e. The van der Waals surface area contributed by atoms with Crippen LogP contribution in [0.4, 0.5) is 10.6 Å². The van der Waals surface area contributed by atoms with E-state index in [-0.39, 0.29) is 6.61 Å². The minimum absolute atomic E-state index is 0.134. The van der Waals surface area contributed by atoms with Crippen molar-refractivity contribution < 1.29 is 14.3 Å². The number of aryl methyl sites for hydroxylation is 3. The Bertz CT molecular complexity index is 1290. The normalized spacial score (nSPS) is 11.0. The number of methoxy groups -OCH3 is 1. The van der Waals surface area contributed by atoms with Crippen LogP contribution in [0.1, 0.15) is 18.3 Å². The summed E-state index contributed by atoms with van der Waals surface area (Å²) in [6.07, 6.45) is 0.284. The number of carbonyl (C=O) groups excluding carboxylic acids is 1. The fourth-order valence-corrected chi connectivity index (χ4v) is 3.75. The lowest BCUT2D eigenvalue weighted by atomic mass is 10.1. The first-order valence-electron chi connectivity index (χ1n) is 10.2. The van der Waals surface area contributed by atoms with Crippen LogP contribution in [0.3, 0.4) is 0 Å². The van der Waals surface area contributed by atoms with Gasteiger partial charge in [0.15, 0.2) is 0 Å². The molecule has 0 spiro atoms. The molecule has 0 fully saturated rings. The quantitative estimate of drug-likeness (QED) is 0.446. The third-order valence-electron chi connectivity index (χ3n) is 5.27. The summed E-state index contributed by atoms with van der Waals surface area (Å²) >= 11 is 6.04. The molecule has 166 valence electrons. The van der Waals surface area contributed by atoms with Gasteiger partial charge in [-0.15, -0.1) is 0 Å². The maximum absolute atomic E-state index is 12.4. The first kappa shape index (κ1) is 21.7. The highest BCUT2D eigenvalue weighted by molar-refractivity contribution is 6.30. The van der Waals surface area contributed by atoms with Crippen LogP contribution in [0.2, 0.25) is 5.02 Å². The fraction of sp³-hybridized carbons (Fsp3) is 0.261. The lowest BCUT2D eigenvalue weighted by Gasteiger charge is -2.07. The zero-order valence-corrected chi connectivity index (χ0v) is 19.1. The van der Waals surface area contributed by atoms with Gasteiger partial charge in [0.2, 0.25) is 0 Å². The third kappa shape index (κ3) is 4.27. The number of benzene rings is 2. The number of fused-ring (bicyclic) bond motifs is 1. The molecule has 4 aromatic rings. The van der Waals surface area contributed by atoms with Crippen LogP contribution < -0.4 is 10.1 Å². The minimum atomic E-state index is -0.571. The third-order valence-corrected chi connectivity index (χ3v) is 5.51. The molecule has 0 aliphatic heterocycles. The Morgan fingerprint density at radius 1 is 1.16 bits per heavy atom. The SMILES string of the molecule is CCc1nc2cc(COC(=O)Nc3cc(-c4ccc(Cl)cc4OC)nn3C)ccc2n1C. The number of nitrogens with one attached hydrogen (secondary N) is 1. The van der Waals surface area contributed by atoms with E-state index in [1.165, 1.54) is 0 Å². The topological polar surface area (TPSA) is 83.2 Å². The second kappa shape index (κ2) is 8.92. The average Bonchev–Trinajstić information content (AvgIpc) is 3.30. The van der Waals surface area contributed by atoms with Gasteiger partial charge in [0, 0.05) is 37.2 Å². The number of aromatic nitrogens is 4. The molecule has 1 amide bonds. The number of halogens is 1. The molecule has 4 rings (SSSR count). The number of imidazole rings is 1. The van der Waals surface area contributed by atoms with Gasteiger partial charge < -0.3 is 14.0 Å². The standard InChI is InChI=1S/C23H24ClN5O3/c1-5-21-25-18-10-14(6-9-19(18)28(21)2)13-32-23(30)26-22-12-17(27-29(22)3)16-8-7-15(24)11-20(16)31-4/h6-12H,5,13H2,1-4H3,(H,26,30). The van der Waals surface area contributed by atoms with Crippen LogP contribution in [-0.2, 0) is 31.9 Å². The molecule has 2 aromatic heterocycles. The van der Waals surface area contributed by atoms with E-state index >= 15 is 0 Å². The summed E-state index contributed by atoms with van der Waals surface area (Å²) in [5.41, 5.74) is 4.21. The second-order valence-electron chi connectivity index (χ2n) is 7.35. The van der Waals surface area contributed by atoms with Crippen molar-refractivity contribution in [2.45, 2.75) is 20.0 Å². The van der Waals surface area contributed by atoms with Crippen molar-refractivity contribution in [3.8, 4) is 17.0 Å². The van der Waals surface area contributed by atoms with Gasteiger partial charge >= 0.3 is 6.09 Å². The largest absolute Gasteiger partial charge is 0.496 e. The zero-order valence-electron chi connectivity index (χ0n) is 18.3. The van der Waals surface area contributed by atoms with E-state index in [2.05, 4.69) is 26.9 Å². The second-order valence-corrected chi connectivity index (χ2v) is 7.78. The Balaban J connectivity index is 1.44. The molecule has 9 heteroatoms. The number of amides is 1. The molecular formula is C23H24ClN5O3. The average molecular weight is 454 g/mol. The van der Waals surface area contributed by atoms with E-state index < -0.39 is 6.09 Å². The summed E-state index contributed by atoms with van der Waals surface area (Å²) in [6, 6.07) is 12.9. The van der Waals surface area contributed by atoms with Gasteiger partial charge in [-0.25, -0.2) is 9.78 Å². The first-order chi connectivity index (χ1) is 15.4. The number of nitrogens with zero attached hydrogens (tertiary/aromatic N) is 4. The summed E-state index contributed by atoms with van der Waals surface area (Å²) < 4.78 is 14.4. The highest BCUT2D eigenvalue weighted by Crippen LogP contribution is 2.32. The summed E-state index contributed by atoms with van der Waals surface area (Å²) in [7, 11) is 5.31. The Kier molecular flexibility index (Phi) is 6.05. The lowest BCUT2D eigenvalue weighted by Crippen LogP contribution is -2.15. The molecule has 0 bridgehead atoms. The molecule has 1 N–H and O–H groups in total. The van der Waals surface area contributed by atoms with Crippen LogP contribution in [-0.4, -0.2) is 32.5 Å². The molecule has 0 saturated heterocycles. The van der Waals surface area contributed by atoms with Crippen LogP contribution in [0.25, 0.3) is 22.3 Å². The van der Waals surface area contributed by atoms with Crippen LogP contribution in [0.5, 0.6) is 5.75 Å². The van der Waals surface area contributed by atoms with Gasteiger partial charge in [-0.1, -0.05) is 24.6 Å². The summed E-state index contributed by atoms with van der Waals surface area (Å²) in [6.45, 7) is 2.21. The molecule has 0 radical (unpaired) electrons. The minimum Gasteiger partial charge on any atom is -0.496 e. The van der Waals surface area contributed by atoms with E-state index in [9.17, 15) is 4.79 Å². The van der Waals surface area contributed by atoms with E-state index in [1.807, 2.05) is 31.3 Å². The van der Waals surface area contributed by atoms with Crippen molar-refractivity contribution in [2.24, 2.45) is 14.1 Å². The predicted molar refractivity (Wildman–Crippen MR) is 124 cm³/mol. The molecule has 32 heavy (non-hydrogen) atoms. The molecule has 2 aromatic carbocycles. The smallest absolute Gasteiger partial charge is 0.413 e. The number of carbonyl (C=O) groups is 1. The number of rotatable bonds is 6. The highest BCUT2D eigenvalue weighted by Gasteiger charge is 2.15. The van der Waals surface area contributed by atoms with Gasteiger partial charge in [0.1, 0.15) is 24.0 Å². The van der Waals surface area contributed by atoms with Gasteiger partial charge in [0.05, 0.1) is 23.8 Å². The van der Waals surface area contributed by atoms with E-state index in [0.717, 1.165) is 34.4 Å². The van der Waals surface area contributed by atoms with Crippen molar-refractivity contribution in [2.75, 3.05) is 12.4 Å². The van der Waals surface area contributed by atoms with Crippen LogP contribution >= 0.6 is 11.6 Å². The summed E-state index contributed by atoms with van der Waals surface area (Å²) in [4.78, 5) is 17.0. The van der Waals surface area contributed by atoms with Gasteiger partial charge in [0.25, 0.3) is 0 Å². The molecule has 0 aliphatic carbocycles. The molecular weight excluding hydrogens is 430 g/mol. The number of hydrogen-bond donors (Lipinski definition) is 1. The maximum atomic E-state index is 12.4. The van der Waals surface area contributed by atoms with E-state index in [0.29, 0.717) is 22.3 Å². The molecule has 0 saturated carbocycles. The van der Waals surface area contributed by atoms with E-state index in [1.54, 1.807) is 37.0 Å². The van der Waals surface area contributed by atoms with E-state index in [4.69, 9.17) is 21.1 Å². The first-order valence-corrected chi connectivity index (χ1v) is 10.5. The molecule has 0 unspecified atom stereocenters. The Hall–Kier alpha value is -3.52. The van der Waals surface area contributed by atoms with Gasteiger partial charge in [-0.3, -0.25) is 10.00 Å².